The van der Waals surface area contributed by atoms with Crippen molar-refractivity contribution in [2.75, 3.05) is 11.1 Å². The second kappa shape index (κ2) is 8.73. The summed E-state index contributed by atoms with van der Waals surface area (Å²) < 4.78 is 5.83. The van der Waals surface area contributed by atoms with Crippen molar-refractivity contribution in [3.05, 3.63) is 72.1 Å². The summed E-state index contributed by atoms with van der Waals surface area (Å²) in [6.45, 7) is 1.87. The first-order valence-corrected chi connectivity index (χ1v) is 10.4. The fourth-order valence-electron chi connectivity index (χ4n) is 3.79. The topological polar surface area (TPSA) is 117 Å². The van der Waals surface area contributed by atoms with Gasteiger partial charge in [-0.05, 0) is 69.0 Å². The minimum absolute atomic E-state index is 0.169. The van der Waals surface area contributed by atoms with E-state index in [0.717, 1.165) is 31.4 Å². The maximum atomic E-state index is 10.2. The quantitative estimate of drug-likeness (QED) is 0.442. The van der Waals surface area contributed by atoms with Crippen LogP contribution in [0.5, 0.6) is 11.5 Å². The summed E-state index contributed by atoms with van der Waals surface area (Å²) in [4.78, 5) is 8.46. The molecule has 0 aliphatic heterocycles. The molecule has 0 bridgehead atoms. The summed E-state index contributed by atoms with van der Waals surface area (Å²) in [5, 5.41) is 22.4. The van der Waals surface area contributed by atoms with Crippen molar-refractivity contribution in [2.45, 2.75) is 44.2 Å². The number of rotatable bonds is 6. The monoisotopic (exact) mass is 417 g/mol. The largest absolute Gasteiger partial charge is 0.457 e. The highest BCUT2D eigenvalue weighted by atomic mass is 16.5. The Morgan fingerprint density at radius 3 is 2.39 bits per heavy atom. The van der Waals surface area contributed by atoms with Crippen molar-refractivity contribution >= 4 is 17.3 Å². The molecule has 0 amide bonds. The van der Waals surface area contributed by atoms with Gasteiger partial charge < -0.3 is 20.9 Å². The zero-order chi connectivity index (χ0) is 21.8. The third-order valence-electron chi connectivity index (χ3n) is 5.65. The van der Waals surface area contributed by atoms with Crippen molar-refractivity contribution in [1.82, 2.24) is 9.97 Å². The molecule has 3 aromatic rings. The number of nitrogen functional groups attached to an aromatic ring is 1. The summed E-state index contributed by atoms with van der Waals surface area (Å²) >= 11 is 0. The molecule has 0 atom stereocenters. The maximum Gasteiger partial charge on any atom is 0.141 e. The Kier molecular flexibility index (Phi) is 5.86. The van der Waals surface area contributed by atoms with E-state index in [9.17, 15) is 5.11 Å². The summed E-state index contributed by atoms with van der Waals surface area (Å²) in [5.41, 5.74) is 6.95. The third-order valence-corrected chi connectivity index (χ3v) is 5.65. The first-order chi connectivity index (χ1) is 14.9. The molecule has 160 valence electrons. The lowest BCUT2D eigenvalue weighted by molar-refractivity contribution is 0.0196. The molecule has 7 heteroatoms. The predicted molar refractivity (Wildman–Crippen MR) is 122 cm³/mol. The average molecular weight is 418 g/mol. The number of para-hydroxylation sites is 1. The molecule has 0 spiro atoms. The Bertz CT molecular complexity index is 1040. The van der Waals surface area contributed by atoms with E-state index < -0.39 is 5.60 Å². The summed E-state index contributed by atoms with van der Waals surface area (Å²) in [6, 6.07) is 17.0. The highest BCUT2D eigenvalue weighted by Crippen LogP contribution is 2.31. The van der Waals surface area contributed by atoms with Gasteiger partial charge in [-0.25, -0.2) is 9.97 Å². The maximum absolute atomic E-state index is 10.2. The fraction of sp³-hybridized carbons (Fsp3) is 0.292. The molecule has 4 rings (SSSR count). The molecule has 2 aromatic carbocycles. The van der Waals surface area contributed by atoms with Gasteiger partial charge in [-0.1, -0.05) is 18.2 Å². The molecule has 0 radical (unpaired) electrons. The second-order valence-electron chi connectivity index (χ2n) is 8.21. The van der Waals surface area contributed by atoms with E-state index in [1.165, 1.54) is 6.33 Å². The van der Waals surface area contributed by atoms with E-state index in [-0.39, 0.29) is 17.6 Å². The number of aliphatic hydroxyl groups is 1. The number of hydrogen-bond acceptors (Lipinski definition) is 7. The van der Waals surface area contributed by atoms with Crippen LogP contribution in [0.15, 0.2) is 60.9 Å². The Morgan fingerprint density at radius 2 is 1.71 bits per heavy atom. The van der Waals surface area contributed by atoms with Gasteiger partial charge in [0.1, 0.15) is 29.5 Å². The zero-order valence-corrected chi connectivity index (χ0v) is 17.5. The van der Waals surface area contributed by atoms with E-state index >= 15 is 0 Å². The van der Waals surface area contributed by atoms with Crippen LogP contribution in [0, 0.1) is 5.41 Å². The van der Waals surface area contributed by atoms with E-state index in [1.807, 2.05) is 61.5 Å². The zero-order valence-electron chi connectivity index (χ0n) is 17.5. The van der Waals surface area contributed by atoms with E-state index in [4.69, 9.17) is 15.9 Å². The van der Waals surface area contributed by atoms with Gasteiger partial charge in [0.2, 0.25) is 0 Å². The van der Waals surface area contributed by atoms with Gasteiger partial charge in [-0.3, -0.25) is 5.41 Å². The van der Waals surface area contributed by atoms with E-state index in [2.05, 4.69) is 15.3 Å². The molecule has 31 heavy (non-hydrogen) atoms. The number of anilines is 2. The van der Waals surface area contributed by atoms with Crippen molar-refractivity contribution in [3.63, 3.8) is 0 Å². The van der Waals surface area contributed by atoms with Crippen LogP contribution < -0.4 is 15.8 Å². The molecule has 1 aliphatic rings. The SMILES string of the molecule is CC1(O)CCC(Nc2ncnc(N)c2C(=N)c2ccc(Oc3ccccc3)cc2)CC1. The fourth-order valence-corrected chi connectivity index (χ4v) is 3.79. The van der Waals surface area contributed by atoms with Crippen molar-refractivity contribution in [1.29, 1.82) is 5.41 Å². The number of hydrogen-bond donors (Lipinski definition) is 4. The molecule has 1 aromatic heterocycles. The summed E-state index contributed by atoms with van der Waals surface area (Å²) in [6.07, 6.45) is 4.51. The molecule has 1 heterocycles. The Morgan fingerprint density at radius 1 is 1.06 bits per heavy atom. The molecular formula is C24H27N5O2. The number of aromatic nitrogens is 2. The smallest absolute Gasteiger partial charge is 0.141 e. The second-order valence-corrected chi connectivity index (χ2v) is 8.21. The highest BCUT2D eigenvalue weighted by Gasteiger charge is 2.29. The minimum Gasteiger partial charge on any atom is -0.457 e. The Hall–Kier alpha value is -3.45. The lowest BCUT2D eigenvalue weighted by Gasteiger charge is -2.34. The van der Waals surface area contributed by atoms with E-state index in [1.54, 1.807) is 0 Å². The number of benzene rings is 2. The molecule has 1 aliphatic carbocycles. The normalized spacial score (nSPS) is 20.8. The van der Waals surface area contributed by atoms with Crippen LogP contribution in [0.2, 0.25) is 0 Å². The number of ether oxygens (including phenoxy) is 1. The Balaban J connectivity index is 1.52. The van der Waals surface area contributed by atoms with E-state index in [0.29, 0.717) is 22.7 Å². The summed E-state index contributed by atoms with van der Waals surface area (Å²) in [7, 11) is 0. The van der Waals surface area contributed by atoms with Crippen LogP contribution in [0.25, 0.3) is 0 Å². The van der Waals surface area contributed by atoms with Gasteiger partial charge in [-0.15, -0.1) is 0 Å². The van der Waals surface area contributed by atoms with Crippen molar-refractivity contribution < 1.29 is 9.84 Å². The summed E-state index contributed by atoms with van der Waals surface area (Å²) in [5.74, 6) is 2.25. The van der Waals surface area contributed by atoms with Crippen molar-refractivity contribution in [3.8, 4) is 11.5 Å². The third kappa shape index (κ3) is 5.00. The molecule has 1 saturated carbocycles. The van der Waals surface area contributed by atoms with Crippen LogP contribution in [0.1, 0.15) is 43.7 Å². The highest BCUT2D eigenvalue weighted by molar-refractivity contribution is 6.16. The van der Waals surface area contributed by atoms with Gasteiger partial charge in [-0.2, -0.15) is 0 Å². The van der Waals surface area contributed by atoms with Crippen LogP contribution >= 0.6 is 0 Å². The number of nitrogens with zero attached hydrogens (tertiary/aromatic N) is 2. The number of nitrogens with two attached hydrogens (primary N) is 1. The standard InChI is InChI=1S/C24H27N5O2/c1-24(30)13-11-17(12-14-24)29-23-20(22(26)27-15-28-23)21(25)16-7-9-19(10-8-16)31-18-5-3-2-4-6-18/h2-10,15,17,25,30H,11-14H2,1H3,(H3,26,27,28,29). The molecule has 7 nitrogen and oxygen atoms in total. The van der Waals surface area contributed by atoms with Gasteiger partial charge >= 0.3 is 0 Å². The Labute approximate surface area is 181 Å². The van der Waals surface area contributed by atoms with Crippen LogP contribution in [0.3, 0.4) is 0 Å². The van der Waals surface area contributed by atoms with Crippen LogP contribution in [0.4, 0.5) is 11.6 Å². The number of nitrogens with one attached hydrogen (secondary N) is 2. The molecule has 1 fully saturated rings. The predicted octanol–water partition coefficient (Wildman–Crippen LogP) is 4.37. The molecule has 0 saturated heterocycles. The molecule has 5 N–H and O–H groups in total. The molecular weight excluding hydrogens is 390 g/mol. The lowest BCUT2D eigenvalue weighted by Crippen LogP contribution is -2.36. The van der Waals surface area contributed by atoms with Crippen LogP contribution in [-0.2, 0) is 0 Å². The average Bonchev–Trinajstić information content (AvgIpc) is 2.76. The first-order valence-electron chi connectivity index (χ1n) is 10.4. The van der Waals surface area contributed by atoms with Gasteiger partial charge in [0.15, 0.2) is 0 Å². The lowest BCUT2D eigenvalue weighted by atomic mass is 9.83. The van der Waals surface area contributed by atoms with Gasteiger partial charge in [0.25, 0.3) is 0 Å². The van der Waals surface area contributed by atoms with Gasteiger partial charge in [0.05, 0.1) is 16.9 Å². The molecule has 0 unspecified atom stereocenters. The first kappa shape index (κ1) is 20.8. The van der Waals surface area contributed by atoms with Crippen molar-refractivity contribution in [2.24, 2.45) is 0 Å². The minimum atomic E-state index is -0.609. The van der Waals surface area contributed by atoms with Crippen LogP contribution in [-0.4, -0.2) is 32.4 Å². The van der Waals surface area contributed by atoms with Gasteiger partial charge in [0, 0.05) is 11.6 Å².